The van der Waals surface area contributed by atoms with Crippen molar-refractivity contribution in [1.29, 1.82) is 5.26 Å². The summed E-state index contributed by atoms with van der Waals surface area (Å²) in [7, 11) is 1.60. The van der Waals surface area contributed by atoms with Gasteiger partial charge < -0.3 is 9.15 Å². The van der Waals surface area contributed by atoms with Gasteiger partial charge in [-0.15, -0.1) is 0 Å². The molecule has 0 atom stereocenters. The molecule has 0 aliphatic carbocycles. The molecule has 0 bridgehead atoms. The first-order valence-corrected chi connectivity index (χ1v) is 10.4. The summed E-state index contributed by atoms with van der Waals surface area (Å²) in [4.78, 5) is 19.8. The lowest BCUT2D eigenvalue weighted by atomic mass is 10.1. The summed E-state index contributed by atoms with van der Waals surface area (Å²) >= 11 is 1.31. The minimum Gasteiger partial charge on any atom is -0.457 e. The van der Waals surface area contributed by atoms with E-state index in [0.29, 0.717) is 40.3 Å². The van der Waals surface area contributed by atoms with Crippen LogP contribution in [0.3, 0.4) is 0 Å². The lowest BCUT2D eigenvalue weighted by Crippen LogP contribution is -2.32. The Hall–Kier alpha value is -3.60. The summed E-state index contributed by atoms with van der Waals surface area (Å²) in [6.07, 6.45) is 1.73. The number of para-hydroxylation sites is 1. The molecule has 1 fully saturated rings. The molecule has 6 nitrogen and oxygen atoms in total. The zero-order valence-electron chi connectivity index (χ0n) is 16.8. The van der Waals surface area contributed by atoms with E-state index in [1.54, 1.807) is 30.2 Å². The third-order valence-corrected chi connectivity index (χ3v) is 5.59. The van der Waals surface area contributed by atoms with Crippen molar-refractivity contribution in [3.8, 4) is 17.4 Å². The Kier molecular flexibility index (Phi) is 6.32. The highest BCUT2D eigenvalue weighted by molar-refractivity contribution is 8.18. The van der Waals surface area contributed by atoms with Gasteiger partial charge in [-0.25, -0.2) is 4.99 Å². The Balaban J connectivity index is 1.60. The molecule has 0 radical (unpaired) electrons. The third kappa shape index (κ3) is 4.77. The van der Waals surface area contributed by atoms with Crippen LogP contribution in [0.5, 0.6) is 0 Å². The zero-order valence-corrected chi connectivity index (χ0v) is 17.6. The van der Waals surface area contributed by atoms with Gasteiger partial charge in [0.15, 0.2) is 5.17 Å². The van der Waals surface area contributed by atoms with Crippen LogP contribution in [0.25, 0.3) is 17.4 Å². The average Bonchev–Trinajstić information content (AvgIpc) is 3.38. The zero-order chi connectivity index (χ0) is 21.6. The molecule has 154 valence electrons. The lowest BCUT2D eigenvalue weighted by molar-refractivity contribution is -0.122. The molecule has 0 saturated carbocycles. The summed E-state index contributed by atoms with van der Waals surface area (Å²) in [5.74, 6) is 1.11. The van der Waals surface area contributed by atoms with E-state index in [1.807, 2.05) is 54.6 Å². The molecule has 0 N–H and O–H groups in total. The predicted molar refractivity (Wildman–Crippen MR) is 122 cm³/mol. The normalized spacial score (nSPS) is 16.3. The number of benzene rings is 2. The second-order valence-corrected chi connectivity index (χ2v) is 7.69. The van der Waals surface area contributed by atoms with Crippen molar-refractivity contribution >= 4 is 34.6 Å². The van der Waals surface area contributed by atoms with Crippen LogP contribution in [-0.2, 0) is 9.53 Å². The summed E-state index contributed by atoms with van der Waals surface area (Å²) in [5, 5.41) is 9.55. The number of hydrogen-bond donors (Lipinski definition) is 0. The first-order valence-electron chi connectivity index (χ1n) is 9.62. The highest BCUT2D eigenvalue weighted by Gasteiger charge is 2.33. The van der Waals surface area contributed by atoms with Crippen molar-refractivity contribution in [2.75, 3.05) is 20.3 Å². The maximum atomic E-state index is 13.0. The summed E-state index contributed by atoms with van der Waals surface area (Å²) in [5.41, 5.74) is 2.23. The number of amides is 1. The molecule has 1 aliphatic rings. The maximum Gasteiger partial charge on any atom is 0.266 e. The van der Waals surface area contributed by atoms with Gasteiger partial charge in [0.25, 0.3) is 5.91 Å². The van der Waals surface area contributed by atoms with Gasteiger partial charge in [-0.3, -0.25) is 9.69 Å². The van der Waals surface area contributed by atoms with Crippen molar-refractivity contribution in [3.63, 3.8) is 0 Å². The second-order valence-electron chi connectivity index (χ2n) is 6.68. The van der Waals surface area contributed by atoms with Gasteiger partial charge in [-0.05, 0) is 60.3 Å². The van der Waals surface area contributed by atoms with Crippen LogP contribution in [0.15, 0.2) is 81.0 Å². The molecule has 3 aromatic rings. The maximum absolute atomic E-state index is 13.0. The van der Waals surface area contributed by atoms with Crippen LogP contribution in [-0.4, -0.2) is 36.2 Å². The number of amidine groups is 1. The highest BCUT2D eigenvalue weighted by atomic mass is 32.2. The third-order valence-electron chi connectivity index (χ3n) is 4.59. The number of carbonyl (C=O) groups is 1. The number of aliphatic imine (C=N–C) groups is 1. The summed E-state index contributed by atoms with van der Waals surface area (Å²) in [6.45, 7) is 0.830. The molecule has 0 unspecified atom stereocenters. The molecule has 1 aliphatic heterocycles. The molecule has 4 rings (SSSR count). The Morgan fingerprint density at radius 2 is 1.90 bits per heavy atom. The van der Waals surface area contributed by atoms with Gasteiger partial charge in [0.1, 0.15) is 11.5 Å². The van der Waals surface area contributed by atoms with Crippen molar-refractivity contribution in [2.24, 2.45) is 4.99 Å². The van der Waals surface area contributed by atoms with E-state index in [4.69, 9.17) is 14.4 Å². The molecule has 31 heavy (non-hydrogen) atoms. The van der Waals surface area contributed by atoms with Gasteiger partial charge in [0.05, 0.1) is 35.4 Å². The van der Waals surface area contributed by atoms with Crippen molar-refractivity contribution in [3.05, 3.63) is 83.0 Å². The number of furan rings is 1. The van der Waals surface area contributed by atoms with Gasteiger partial charge in [0, 0.05) is 18.7 Å². The van der Waals surface area contributed by atoms with E-state index >= 15 is 0 Å². The molecular weight excluding hydrogens is 410 g/mol. The van der Waals surface area contributed by atoms with Crippen molar-refractivity contribution < 1.29 is 13.9 Å². The molecule has 0 spiro atoms. The smallest absolute Gasteiger partial charge is 0.266 e. The number of ether oxygens (including phenoxy) is 1. The van der Waals surface area contributed by atoms with Crippen molar-refractivity contribution in [2.45, 2.75) is 0 Å². The number of thioether (sulfide) groups is 1. The average molecular weight is 430 g/mol. The van der Waals surface area contributed by atoms with E-state index in [9.17, 15) is 4.79 Å². The number of nitrogens with zero attached hydrogens (tertiary/aromatic N) is 3. The Bertz CT molecular complexity index is 1170. The number of nitriles is 1. The first-order chi connectivity index (χ1) is 15.2. The van der Waals surface area contributed by atoms with Crippen LogP contribution in [0.1, 0.15) is 11.3 Å². The van der Waals surface area contributed by atoms with Gasteiger partial charge in [-0.1, -0.05) is 18.2 Å². The predicted octanol–water partition coefficient (Wildman–Crippen LogP) is 5.07. The van der Waals surface area contributed by atoms with E-state index in [-0.39, 0.29) is 5.91 Å². The molecule has 1 amide bonds. The quantitative estimate of drug-likeness (QED) is 0.511. The molecule has 2 heterocycles. The molecule has 1 aromatic heterocycles. The van der Waals surface area contributed by atoms with E-state index < -0.39 is 0 Å². The van der Waals surface area contributed by atoms with Crippen LogP contribution < -0.4 is 0 Å². The van der Waals surface area contributed by atoms with E-state index in [2.05, 4.69) is 11.1 Å². The highest BCUT2D eigenvalue weighted by Crippen LogP contribution is 2.35. The molecule has 7 heteroatoms. The Morgan fingerprint density at radius 3 is 2.61 bits per heavy atom. The largest absolute Gasteiger partial charge is 0.457 e. The van der Waals surface area contributed by atoms with E-state index in [0.717, 1.165) is 11.3 Å². The second kappa shape index (κ2) is 9.47. The van der Waals surface area contributed by atoms with Crippen LogP contribution in [0.2, 0.25) is 0 Å². The van der Waals surface area contributed by atoms with Gasteiger partial charge >= 0.3 is 0 Å². The van der Waals surface area contributed by atoms with Crippen LogP contribution >= 0.6 is 11.8 Å². The fourth-order valence-corrected chi connectivity index (χ4v) is 4.01. The fraction of sp³-hybridized carbons (Fsp3) is 0.125. The summed E-state index contributed by atoms with van der Waals surface area (Å²) < 4.78 is 11.1. The monoisotopic (exact) mass is 429 g/mol. The number of hydrogen-bond acceptors (Lipinski definition) is 6. The molecular formula is C24H19N3O3S. The van der Waals surface area contributed by atoms with Crippen molar-refractivity contribution in [1.82, 2.24) is 4.90 Å². The Labute approximate surface area is 184 Å². The number of rotatable bonds is 6. The standard InChI is InChI=1S/C24H19N3O3S/c1-29-14-13-27-23(28)22(31-24(27)26-19-5-3-2-4-6-19)15-20-11-12-21(30-20)18-9-7-17(16-25)8-10-18/h2-12,15H,13-14H2,1H3/b22-15-,26-24?. The SMILES string of the molecule is COCCN1C(=O)/C(=C/c2ccc(-c3ccc(C#N)cc3)o2)SC1=Nc1ccccc1. The minimum atomic E-state index is -0.131. The van der Waals surface area contributed by atoms with Gasteiger partial charge in [0.2, 0.25) is 0 Å². The topological polar surface area (TPSA) is 78.8 Å². The fourth-order valence-electron chi connectivity index (χ4n) is 3.01. The summed E-state index contributed by atoms with van der Waals surface area (Å²) in [6, 6.07) is 22.4. The number of methoxy groups -OCH3 is 1. The van der Waals surface area contributed by atoms with Crippen LogP contribution in [0, 0.1) is 11.3 Å². The van der Waals surface area contributed by atoms with Crippen LogP contribution in [0.4, 0.5) is 5.69 Å². The van der Waals surface area contributed by atoms with Gasteiger partial charge in [-0.2, -0.15) is 5.26 Å². The molecule has 2 aromatic carbocycles. The minimum absolute atomic E-state index is 0.131. The first kappa shape index (κ1) is 20.7. The number of carbonyl (C=O) groups excluding carboxylic acids is 1. The molecule has 1 saturated heterocycles. The Morgan fingerprint density at radius 1 is 1.13 bits per heavy atom. The lowest BCUT2D eigenvalue weighted by Gasteiger charge is -2.14. The van der Waals surface area contributed by atoms with E-state index in [1.165, 1.54) is 11.8 Å².